The Balaban J connectivity index is 2.32. The van der Waals surface area contributed by atoms with Crippen LogP contribution in [-0.2, 0) is 0 Å². The standard InChI is InChI=1S/C12H8FN3O5/c13-8-2-1-5(3-6(8)11(19)20)15-9(17)7-4-14-12(21)16-10(7)18/h1-4H,(H,15,17)(H,19,20)(H2,14,16,18,21). The van der Waals surface area contributed by atoms with Crippen LogP contribution in [0.5, 0.6) is 0 Å². The zero-order valence-corrected chi connectivity index (χ0v) is 10.3. The summed E-state index contributed by atoms with van der Waals surface area (Å²) < 4.78 is 13.2. The van der Waals surface area contributed by atoms with E-state index >= 15 is 0 Å². The minimum atomic E-state index is -1.49. The molecule has 0 saturated heterocycles. The van der Waals surface area contributed by atoms with E-state index in [0.717, 1.165) is 24.4 Å². The van der Waals surface area contributed by atoms with E-state index in [9.17, 15) is 23.6 Å². The fourth-order valence-corrected chi connectivity index (χ4v) is 1.54. The maximum absolute atomic E-state index is 13.2. The zero-order chi connectivity index (χ0) is 15.6. The van der Waals surface area contributed by atoms with E-state index < -0.39 is 34.5 Å². The monoisotopic (exact) mass is 293 g/mol. The van der Waals surface area contributed by atoms with Crippen LogP contribution in [0.3, 0.4) is 0 Å². The molecule has 0 bridgehead atoms. The number of aromatic nitrogens is 2. The van der Waals surface area contributed by atoms with E-state index in [0.29, 0.717) is 0 Å². The van der Waals surface area contributed by atoms with Crippen molar-refractivity contribution >= 4 is 17.6 Å². The summed E-state index contributed by atoms with van der Waals surface area (Å²) in [5, 5.41) is 11.0. The van der Waals surface area contributed by atoms with Crippen LogP contribution in [0.4, 0.5) is 10.1 Å². The molecule has 0 aliphatic rings. The number of aromatic amines is 2. The molecule has 2 aromatic rings. The Kier molecular flexibility index (Phi) is 3.65. The lowest BCUT2D eigenvalue weighted by Gasteiger charge is -2.06. The molecular formula is C12H8FN3O5. The van der Waals surface area contributed by atoms with Crippen LogP contribution in [0, 0.1) is 5.82 Å². The van der Waals surface area contributed by atoms with Gasteiger partial charge in [0.2, 0.25) is 0 Å². The van der Waals surface area contributed by atoms with E-state index in [-0.39, 0.29) is 11.3 Å². The van der Waals surface area contributed by atoms with E-state index in [4.69, 9.17) is 5.11 Å². The smallest absolute Gasteiger partial charge is 0.338 e. The molecule has 4 N–H and O–H groups in total. The summed E-state index contributed by atoms with van der Waals surface area (Å²) in [7, 11) is 0. The van der Waals surface area contributed by atoms with Crippen molar-refractivity contribution in [3.8, 4) is 0 Å². The first-order valence-corrected chi connectivity index (χ1v) is 5.54. The number of carbonyl (C=O) groups excluding carboxylic acids is 1. The number of hydrogen-bond acceptors (Lipinski definition) is 4. The summed E-state index contributed by atoms with van der Waals surface area (Å²) in [5.74, 6) is -3.33. The number of H-pyrrole nitrogens is 2. The molecule has 1 aromatic heterocycles. The van der Waals surface area contributed by atoms with Crippen molar-refractivity contribution in [3.05, 3.63) is 62.2 Å². The molecule has 21 heavy (non-hydrogen) atoms. The highest BCUT2D eigenvalue weighted by atomic mass is 19.1. The lowest BCUT2D eigenvalue weighted by atomic mass is 10.2. The molecule has 9 heteroatoms. The molecule has 0 unspecified atom stereocenters. The molecule has 0 atom stereocenters. The van der Waals surface area contributed by atoms with Gasteiger partial charge in [0.1, 0.15) is 11.4 Å². The zero-order valence-electron chi connectivity index (χ0n) is 10.3. The number of amides is 1. The Labute approximate surface area is 115 Å². The van der Waals surface area contributed by atoms with Gasteiger partial charge < -0.3 is 15.4 Å². The average molecular weight is 293 g/mol. The molecular weight excluding hydrogens is 285 g/mol. The van der Waals surface area contributed by atoms with E-state index in [1.165, 1.54) is 0 Å². The Bertz CT molecular complexity index is 839. The Morgan fingerprint density at radius 3 is 2.52 bits per heavy atom. The highest BCUT2D eigenvalue weighted by Gasteiger charge is 2.14. The topological polar surface area (TPSA) is 132 Å². The van der Waals surface area contributed by atoms with Crippen LogP contribution in [0.2, 0.25) is 0 Å². The predicted molar refractivity (Wildman–Crippen MR) is 69.0 cm³/mol. The van der Waals surface area contributed by atoms with Gasteiger partial charge in [0.25, 0.3) is 11.5 Å². The van der Waals surface area contributed by atoms with Gasteiger partial charge in [0.15, 0.2) is 0 Å². The second-order valence-electron chi connectivity index (χ2n) is 3.94. The molecule has 0 aliphatic heterocycles. The van der Waals surface area contributed by atoms with Gasteiger partial charge in [-0.25, -0.2) is 14.0 Å². The fourth-order valence-electron chi connectivity index (χ4n) is 1.54. The van der Waals surface area contributed by atoms with Gasteiger partial charge in [-0.2, -0.15) is 0 Å². The second kappa shape index (κ2) is 5.41. The molecule has 1 amide bonds. The van der Waals surface area contributed by atoms with Crippen molar-refractivity contribution in [2.75, 3.05) is 5.32 Å². The summed E-state index contributed by atoms with van der Waals surface area (Å²) in [5.41, 5.74) is -2.69. The van der Waals surface area contributed by atoms with Gasteiger partial charge in [-0.05, 0) is 18.2 Å². The summed E-state index contributed by atoms with van der Waals surface area (Å²) in [4.78, 5) is 48.8. The van der Waals surface area contributed by atoms with Crippen molar-refractivity contribution < 1.29 is 19.1 Å². The molecule has 8 nitrogen and oxygen atoms in total. The van der Waals surface area contributed by atoms with E-state index in [2.05, 4.69) is 10.3 Å². The average Bonchev–Trinajstić information content (AvgIpc) is 2.40. The minimum absolute atomic E-state index is 0.00981. The van der Waals surface area contributed by atoms with Crippen molar-refractivity contribution in [3.63, 3.8) is 0 Å². The third-order valence-electron chi connectivity index (χ3n) is 2.52. The van der Waals surface area contributed by atoms with Crippen molar-refractivity contribution in [1.82, 2.24) is 9.97 Å². The Hall–Kier alpha value is -3.23. The quantitative estimate of drug-likeness (QED) is 0.639. The number of benzene rings is 1. The van der Waals surface area contributed by atoms with Crippen molar-refractivity contribution in [1.29, 1.82) is 0 Å². The Morgan fingerprint density at radius 1 is 1.19 bits per heavy atom. The first-order valence-electron chi connectivity index (χ1n) is 5.54. The van der Waals surface area contributed by atoms with Crippen LogP contribution in [0.15, 0.2) is 34.0 Å². The van der Waals surface area contributed by atoms with Crippen LogP contribution in [0.1, 0.15) is 20.7 Å². The molecule has 2 rings (SSSR count). The maximum atomic E-state index is 13.2. The third-order valence-corrected chi connectivity index (χ3v) is 2.52. The van der Waals surface area contributed by atoms with E-state index in [1.807, 2.05) is 4.98 Å². The SMILES string of the molecule is O=C(O)c1cc(NC(=O)c2c[nH]c(=O)[nH]c2=O)ccc1F. The number of aromatic carboxylic acids is 1. The lowest BCUT2D eigenvalue weighted by molar-refractivity contribution is 0.0691. The normalized spacial score (nSPS) is 10.1. The van der Waals surface area contributed by atoms with Crippen LogP contribution in [-0.4, -0.2) is 27.0 Å². The van der Waals surface area contributed by atoms with Crippen molar-refractivity contribution in [2.24, 2.45) is 0 Å². The predicted octanol–water partition coefficient (Wildman–Crippen LogP) is 0.153. The van der Waals surface area contributed by atoms with Gasteiger partial charge in [0.05, 0.1) is 5.56 Å². The third kappa shape index (κ3) is 3.03. The molecule has 0 radical (unpaired) electrons. The minimum Gasteiger partial charge on any atom is -0.478 e. The summed E-state index contributed by atoms with van der Waals surface area (Å²) in [6, 6.07) is 2.92. The number of anilines is 1. The van der Waals surface area contributed by atoms with Gasteiger partial charge in [-0.3, -0.25) is 14.6 Å². The Morgan fingerprint density at radius 2 is 1.90 bits per heavy atom. The second-order valence-corrected chi connectivity index (χ2v) is 3.94. The van der Waals surface area contributed by atoms with Crippen LogP contribution < -0.4 is 16.6 Å². The van der Waals surface area contributed by atoms with Gasteiger partial charge in [-0.1, -0.05) is 0 Å². The number of carboxylic acid groups (broad SMARTS) is 1. The van der Waals surface area contributed by atoms with Gasteiger partial charge in [-0.15, -0.1) is 0 Å². The van der Waals surface area contributed by atoms with E-state index in [1.54, 1.807) is 0 Å². The summed E-state index contributed by atoms with van der Waals surface area (Å²) in [6.45, 7) is 0. The number of carboxylic acids is 1. The van der Waals surface area contributed by atoms with Gasteiger partial charge in [0, 0.05) is 11.9 Å². The van der Waals surface area contributed by atoms with Gasteiger partial charge >= 0.3 is 11.7 Å². The number of carbonyl (C=O) groups is 2. The first-order chi connectivity index (χ1) is 9.88. The van der Waals surface area contributed by atoms with Crippen LogP contribution in [0.25, 0.3) is 0 Å². The summed E-state index contributed by atoms with van der Waals surface area (Å²) in [6.07, 6.45) is 0.915. The molecule has 0 saturated carbocycles. The number of rotatable bonds is 3. The highest BCUT2D eigenvalue weighted by molar-refractivity contribution is 6.04. The molecule has 0 spiro atoms. The van der Waals surface area contributed by atoms with Crippen LogP contribution >= 0.6 is 0 Å². The lowest BCUT2D eigenvalue weighted by Crippen LogP contribution is -2.29. The maximum Gasteiger partial charge on any atom is 0.338 e. The summed E-state index contributed by atoms with van der Waals surface area (Å²) >= 11 is 0. The first kappa shape index (κ1) is 14.2. The van der Waals surface area contributed by atoms with Crippen molar-refractivity contribution in [2.45, 2.75) is 0 Å². The number of hydrogen-bond donors (Lipinski definition) is 4. The number of halogens is 1. The molecule has 1 heterocycles. The molecule has 1 aromatic carbocycles. The molecule has 108 valence electrons. The highest BCUT2D eigenvalue weighted by Crippen LogP contribution is 2.15. The number of nitrogens with one attached hydrogen (secondary N) is 3. The molecule has 0 aliphatic carbocycles. The largest absolute Gasteiger partial charge is 0.478 e. The fraction of sp³-hybridized carbons (Fsp3) is 0. The molecule has 0 fully saturated rings.